The summed E-state index contributed by atoms with van der Waals surface area (Å²) in [5.74, 6) is -0.0403. The molecule has 0 radical (unpaired) electrons. The molecule has 50 heavy (non-hydrogen) atoms. The zero-order chi connectivity index (χ0) is 35.9. The molecule has 0 amide bonds. The van der Waals surface area contributed by atoms with Crippen LogP contribution < -0.4 is 14.9 Å². The monoisotopic (exact) mass is 713 g/mol. The van der Waals surface area contributed by atoms with E-state index in [1.807, 2.05) is 71.0 Å². The van der Waals surface area contributed by atoms with E-state index in [9.17, 15) is 9.59 Å². The molecule has 1 aromatic heterocycles. The van der Waals surface area contributed by atoms with Crippen LogP contribution in [0, 0.1) is 0 Å². The summed E-state index contributed by atoms with van der Waals surface area (Å²) < 4.78 is 24.2. The average molecular weight is 714 g/mol. The van der Waals surface area contributed by atoms with Crippen molar-refractivity contribution in [3.05, 3.63) is 119 Å². The Hall–Kier alpha value is -4.77. The van der Waals surface area contributed by atoms with Crippen LogP contribution in [0.4, 0.5) is 5.13 Å². The van der Waals surface area contributed by atoms with Gasteiger partial charge in [-0.1, -0.05) is 47.7 Å². The van der Waals surface area contributed by atoms with Crippen molar-refractivity contribution < 1.29 is 28.5 Å². The van der Waals surface area contributed by atoms with Gasteiger partial charge in [-0.05, 0) is 113 Å². The van der Waals surface area contributed by atoms with Crippen LogP contribution in [-0.4, -0.2) is 47.1 Å². The van der Waals surface area contributed by atoms with Crippen molar-refractivity contribution in [1.82, 2.24) is 4.98 Å². The number of aromatic nitrogens is 1. The predicted molar refractivity (Wildman–Crippen MR) is 200 cm³/mol. The molecule has 1 N–H and O–H groups in total. The highest BCUT2D eigenvalue weighted by Gasteiger charge is 2.21. The summed E-state index contributed by atoms with van der Waals surface area (Å²) >= 11 is 7.54. The number of ether oxygens (including phenoxy) is 4. The van der Waals surface area contributed by atoms with E-state index in [0.717, 1.165) is 15.8 Å². The number of nitrogens with one attached hydrogen (secondary N) is 1. The van der Waals surface area contributed by atoms with Gasteiger partial charge in [-0.2, -0.15) is 5.10 Å². The summed E-state index contributed by atoms with van der Waals surface area (Å²) in [6.45, 7) is 13.7. The lowest BCUT2D eigenvalue weighted by atomic mass is 10.0. The van der Waals surface area contributed by atoms with Crippen molar-refractivity contribution in [2.45, 2.75) is 64.8 Å². The van der Waals surface area contributed by atoms with Gasteiger partial charge >= 0.3 is 11.9 Å². The van der Waals surface area contributed by atoms with Gasteiger partial charge in [0.25, 0.3) is 0 Å². The molecule has 260 valence electrons. The predicted octanol–water partition coefficient (Wildman–Crippen LogP) is 9.11. The number of halogens is 1. The highest BCUT2D eigenvalue weighted by molar-refractivity contribution is 7.22. The smallest absolute Gasteiger partial charge is 0.343 e. The molecule has 11 heteroatoms. The summed E-state index contributed by atoms with van der Waals surface area (Å²) in [6.07, 6.45) is 9.69. The second kappa shape index (κ2) is 15.8. The number of anilines is 1. The van der Waals surface area contributed by atoms with Crippen LogP contribution in [-0.2, 0) is 20.7 Å². The summed E-state index contributed by atoms with van der Waals surface area (Å²) in [4.78, 5) is 30.4. The lowest BCUT2D eigenvalue weighted by Crippen LogP contribution is -2.27. The highest BCUT2D eigenvalue weighted by Crippen LogP contribution is 2.29. The second-order valence-electron chi connectivity index (χ2n) is 13.1. The first-order valence-electron chi connectivity index (χ1n) is 16.1. The molecule has 9 nitrogen and oxygen atoms in total. The average Bonchev–Trinajstić information content (AvgIpc) is 3.47. The fourth-order valence-electron chi connectivity index (χ4n) is 4.85. The molecule has 5 rings (SSSR count). The number of hydrogen-bond donors (Lipinski definition) is 1. The molecule has 0 saturated carbocycles. The minimum absolute atomic E-state index is 0.0787. The van der Waals surface area contributed by atoms with E-state index in [0.29, 0.717) is 51.2 Å². The number of esters is 2. The normalized spacial score (nSPS) is 14.8. The topological polar surface area (TPSA) is 108 Å². The Morgan fingerprint density at radius 1 is 1.06 bits per heavy atom. The fourth-order valence-corrected chi connectivity index (χ4v) is 5.94. The molecule has 1 heterocycles. The van der Waals surface area contributed by atoms with E-state index in [-0.39, 0.29) is 18.3 Å². The molecule has 3 aromatic carbocycles. The Balaban J connectivity index is 1.27. The van der Waals surface area contributed by atoms with Crippen molar-refractivity contribution in [2.75, 3.05) is 12.0 Å². The molecule has 0 spiro atoms. The van der Waals surface area contributed by atoms with Gasteiger partial charge in [0, 0.05) is 17.0 Å². The number of hydrogen-bond acceptors (Lipinski definition) is 10. The molecular weight excluding hydrogens is 674 g/mol. The Labute approximate surface area is 301 Å². The van der Waals surface area contributed by atoms with Crippen molar-refractivity contribution in [3.63, 3.8) is 0 Å². The second-order valence-corrected chi connectivity index (χ2v) is 14.6. The molecule has 4 aromatic rings. The molecule has 0 aliphatic heterocycles. The lowest BCUT2D eigenvalue weighted by molar-refractivity contribution is -0.138. The van der Waals surface area contributed by atoms with E-state index in [4.69, 9.17) is 30.5 Å². The van der Waals surface area contributed by atoms with E-state index >= 15 is 0 Å². The lowest BCUT2D eigenvalue weighted by Gasteiger charge is -2.26. The molecular formula is C39H40ClN3O6S. The largest absolute Gasteiger partial charge is 0.484 e. The fraction of sp³-hybridized carbons (Fsp3) is 0.282. The van der Waals surface area contributed by atoms with Gasteiger partial charge < -0.3 is 18.9 Å². The van der Waals surface area contributed by atoms with Crippen molar-refractivity contribution in [1.29, 1.82) is 0 Å². The van der Waals surface area contributed by atoms with Crippen molar-refractivity contribution in [3.8, 4) is 11.5 Å². The maximum Gasteiger partial charge on any atom is 0.343 e. The number of nitrogens with zero attached hydrogens (tertiary/aromatic N) is 2. The number of thiazole rings is 1. The minimum atomic E-state index is -0.558. The third kappa shape index (κ3) is 10.4. The van der Waals surface area contributed by atoms with E-state index in [2.05, 4.69) is 22.1 Å². The molecule has 1 aliphatic carbocycles. The minimum Gasteiger partial charge on any atom is -0.484 e. The van der Waals surface area contributed by atoms with Crippen molar-refractivity contribution in [2.24, 2.45) is 5.10 Å². The maximum atomic E-state index is 13.2. The van der Waals surface area contributed by atoms with Crippen LogP contribution in [0.1, 0.15) is 62.5 Å². The van der Waals surface area contributed by atoms with Crippen LogP contribution in [0.25, 0.3) is 10.2 Å². The van der Waals surface area contributed by atoms with Crippen LogP contribution in [0.5, 0.6) is 11.5 Å². The molecule has 1 atom stereocenters. The van der Waals surface area contributed by atoms with Gasteiger partial charge in [0.1, 0.15) is 17.1 Å². The number of rotatable bonds is 13. The van der Waals surface area contributed by atoms with Crippen LogP contribution in [0.2, 0.25) is 5.02 Å². The van der Waals surface area contributed by atoms with Crippen LogP contribution in [0.15, 0.2) is 102 Å². The first kappa shape index (κ1) is 36.5. The molecule has 1 unspecified atom stereocenters. The van der Waals surface area contributed by atoms with E-state index in [1.54, 1.807) is 54.8 Å². The Morgan fingerprint density at radius 3 is 2.54 bits per heavy atom. The number of benzene rings is 3. The Bertz CT molecular complexity index is 1960. The van der Waals surface area contributed by atoms with Gasteiger partial charge in [-0.3, -0.25) is 5.43 Å². The molecule has 0 bridgehead atoms. The summed E-state index contributed by atoms with van der Waals surface area (Å²) in [5.41, 5.74) is 5.16. The Kier molecular flexibility index (Phi) is 11.6. The first-order chi connectivity index (χ1) is 23.8. The van der Waals surface area contributed by atoms with Gasteiger partial charge in [0.2, 0.25) is 5.13 Å². The number of fused-ring (bicyclic) bond motifs is 1. The first-order valence-corrected chi connectivity index (χ1v) is 17.3. The van der Waals surface area contributed by atoms with Gasteiger partial charge in [-0.25, -0.2) is 14.6 Å². The zero-order valence-electron chi connectivity index (χ0n) is 28.7. The molecule has 1 aliphatic rings. The summed E-state index contributed by atoms with van der Waals surface area (Å²) in [5, 5.41) is 5.57. The maximum absolute atomic E-state index is 13.2. The number of carbonyl (C=O) groups is 2. The number of hydrazone groups is 1. The van der Waals surface area contributed by atoms with Crippen molar-refractivity contribution >= 4 is 56.4 Å². The zero-order valence-corrected chi connectivity index (χ0v) is 30.3. The van der Waals surface area contributed by atoms with Gasteiger partial charge in [0.05, 0.1) is 45.9 Å². The third-order valence-electron chi connectivity index (χ3n) is 7.38. The van der Waals surface area contributed by atoms with Crippen LogP contribution in [0.3, 0.4) is 0 Å². The van der Waals surface area contributed by atoms with Gasteiger partial charge in [-0.15, -0.1) is 0 Å². The van der Waals surface area contributed by atoms with E-state index in [1.165, 1.54) is 11.3 Å². The highest BCUT2D eigenvalue weighted by atomic mass is 35.5. The molecule has 0 saturated heterocycles. The molecule has 0 fully saturated rings. The quantitative estimate of drug-likeness (QED) is 0.0481. The van der Waals surface area contributed by atoms with E-state index < -0.39 is 17.5 Å². The number of carbonyl (C=O) groups excluding carboxylic acids is 2. The Morgan fingerprint density at radius 2 is 1.84 bits per heavy atom. The standard InChI is InChI=1S/C39H40ClN3O6S/c1-7-39(5,6)49-31-16-11-27(12-17-31)36(45)47-33-19-8-25(20-21-46-35(44)26-9-14-30(15-10-26)48-38(2,3)4)22-28(33)24-41-43-37-42-32-18-13-29(40)23-34(32)50-37/h7-14,16-19,22-24,30H,1,15,20-21H2,2-6H3,(H,42,43)/b41-24+. The summed E-state index contributed by atoms with van der Waals surface area (Å²) in [6, 6.07) is 17.5. The summed E-state index contributed by atoms with van der Waals surface area (Å²) in [7, 11) is 0. The van der Waals surface area contributed by atoms with Gasteiger partial charge in [0.15, 0.2) is 0 Å². The van der Waals surface area contributed by atoms with Crippen LogP contribution >= 0.6 is 22.9 Å². The SMILES string of the molecule is C=CC(C)(C)Oc1ccc(C(=O)Oc2ccc(CCOC(=O)C3=CCC(OC(C)(C)C)C=C3)cc2/C=N/Nc2nc3ccc(Cl)cc3s2)cc1. The third-order valence-corrected chi connectivity index (χ3v) is 8.54.